The minimum absolute atomic E-state index is 0.411. The van der Waals surface area contributed by atoms with Crippen molar-refractivity contribution >= 4 is 0 Å². The lowest BCUT2D eigenvalue weighted by Crippen LogP contribution is -2.41. The van der Waals surface area contributed by atoms with Crippen molar-refractivity contribution in [2.24, 2.45) is 5.41 Å². The van der Waals surface area contributed by atoms with Gasteiger partial charge in [-0.3, -0.25) is 0 Å². The third-order valence-electron chi connectivity index (χ3n) is 2.99. The van der Waals surface area contributed by atoms with Crippen LogP contribution in [0.4, 0.5) is 0 Å². The first-order valence-corrected chi connectivity index (χ1v) is 6.03. The Bertz CT molecular complexity index is 158. The molecule has 1 N–H and O–H groups in total. The van der Waals surface area contributed by atoms with Gasteiger partial charge in [-0.05, 0) is 31.3 Å². The Morgan fingerprint density at radius 2 is 1.79 bits per heavy atom. The first-order valence-electron chi connectivity index (χ1n) is 6.03. The molecule has 84 valence electrons. The van der Waals surface area contributed by atoms with Gasteiger partial charge in [-0.1, -0.05) is 27.7 Å². The van der Waals surface area contributed by atoms with Gasteiger partial charge in [-0.25, -0.2) is 0 Å². The van der Waals surface area contributed by atoms with E-state index >= 15 is 0 Å². The van der Waals surface area contributed by atoms with Crippen LogP contribution >= 0.6 is 0 Å². The Balaban J connectivity index is 2.22. The van der Waals surface area contributed by atoms with Gasteiger partial charge in [0.2, 0.25) is 0 Å². The molecule has 0 spiro atoms. The third-order valence-corrected chi connectivity index (χ3v) is 2.99. The zero-order valence-electron chi connectivity index (χ0n) is 10.3. The van der Waals surface area contributed by atoms with Crippen LogP contribution in [-0.2, 0) is 0 Å². The fourth-order valence-corrected chi connectivity index (χ4v) is 1.82. The monoisotopic (exact) mass is 198 g/mol. The summed E-state index contributed by atoms with van der Waals surface area (Å²) in [4.78, 5) is 2.51. The number of hydrogen-bond donors (Lipinski definition) is 1. The second-order valence-corrected chi connectivity index (χ2v) is 5.28. The van der Waals surface area contributed by atoms with Gasteiger partial charge in [0, 0.05) is 19.1 Å². The van der Waals surface area contributed by atoms with Crippen molar-refractivity contribution in [2.45, 2.75) is 46.6 Å². The number of nitrogens with zero attached hydrogens (tertiary/aromatic N) is 1. The van der Waals surface area contributed by atoms with Crippen molar-refractivity contribution in [2.75, 3.05) is 26.2 Å². The molecule has 0 atom stereocenters. The second kappa shape index (κ2) is 5.13. The summed E-state index contributed by atoms with van der Waals surface area (Å²) >= 11 is 0. The summed E-state index contributed by atoms with van der Waals surface area (Å²) in [7, 11) is 0. The summed E-state index contributed by atoms with van der Waals surface area (Å²) in [6, 6.07) is 0.839. The zero-order chi connectivity index (χ0) is 10.6. The van der Waals surface area contributed by atoms with Crippen LogP contribution in [0, 0.1) is 5.41 Å². The van der Waals surface area contributed by atoms with E-state index in [4.69, 9.17) is 0 Å². The Morgan fingerprint density at radius 1 is 1.21 bits per heavy atom. The number of rotatable bonds is 7. The van der Waals surface area contributed by atoms with Crippen molar-refractivity contribution in [3.63, 3.8) is 0 Å². The molecule has 0 aromatic carbocycles. The number of nitrogens with one attached hydrogen (secondary N) is 1. The van der Waals surface area contributed by atoms with E-state index < -0.39 is 0 Å². The molecule has 1 saturated carbocycles. The van der Waals surface area contributed by atoms with E-state index in [1.807, 2.05) is 0 Å². The highest BCUT2D eigenvalue weighted by atomic mass is 15.1. The molecule has 1 aliphatic carbocycles. The van der Waals surface area contributed by atoms with Crippen LogP contribution in [0.25, 0.3) is 0 Å². The second-order valence-electron chi connectivity index (χ2n) is 5.28. The zero-order valence-corrected chi connectivity index (χ0v) is 10.3. The maximum atomic E-state index is 3.62. The first kappa shape index (κ1) is 12.0. The maximum Gasteiger partial charge on any atom is 0.00684 e. The molecule has 0 unspecified atom stereocenters. The molecule has 1 rings (SSSR count). The van der Waals surface area contributed by atoms with Gasteiger partial charge in [-0.2, -0.15) is 0 Å². The predicted octanol–water partition coefficient (Wildman–Crippen LogP) is 2.11. The lowest BCUT2D eigenvalue weighted by Gasteiger charge is -2.31. The summed E-state index contributed by atoms with van der Waals surface area (Å²) in [5, 5.41) is 3.62. The van der Waals surface area contributed by atoms with Crippen molar-refractivity contribution in [3.05, 3.63) is 0 Å². The van der Waals surface area contributed by atoms with E-state index in [0.29, 0.717) is 5.41 Å². The molecule has 2 nitrogen and oxygen atoms in total. The Hall–Kier alpha value is -0.0800. The maximum absolute atomic E-state index is 3.62. The predicted molar refractivity (Wildman–Crippen MR) is 62.6 cm³/mol. The molecule has 1 fully saturated rings. The van der Waals surface area contributed by atoms with Gasteiger partial charge in [0.25, 0.3) is 0 Å². The molecule has 0 bridgehead atoms. The minimum atomic E-state index is 0.411. The fraction of sp³-hybridized carbons (Fsp3) is 1.00. The minimum Gasteiger partial charge on any atom is -0.313 e. The van der Waals surface area contributed by atoms with E-state index in [1.165, 1.54) is 32.5 Å². The molecular weight excluding hydrogens is 172 g/mol. The molecular formula is C12H26N2. The summed E-state index contributed by atoms with van der Waals surface area (Å²) in [6.45, 7) is 13.9. The molecule has 0 aromatic heterocycles. The van der Waals surface area contributed by atoms with E-state index in [0.717, 1.165) is 12.6 Å². The Morgan fingerprint density at radius 3 is 2.21 bits per heavy atom. The fourth-order valence-electron chi connectivity index (χ4n) is 1.82. The molecule has 1 aliphatic rings. The summed E-state index contributed by atoms with van der Waals surface area (Å²) < 4.78 is 0. The quantitative estimate of drug-likeness (QED) is 0.674. The van der Waals surface area contributed by atoms with E-state index in [9.17, 15) is 0 Å². The molecule has 0 amide bonds. The molecule has 0 radical (unpaired) electrons. The average molecular weight is 198 g/mol. The van der Waals surface area contributed by atoms with Crippen LogP contribution in [0.3, 0.4) is 0 Å². The lowest BCUT2D eigenvalue weighted by atomic mass is 9.92. The van der Waals surface area contributed by atoms with Crippen LogP contribution in [0.2, 0.25) is 0 Å². The molecule has 2 heteroatoms. The smallest absolute Gasteiger partial charge is 0.00684 e. The SMILES string of the molecule is CCN(CC)CC(C)(C)CNC1CC1. The summed E-state index contributed by atoms with van der Waals surface area (Å²) in [5.41, 5.74) is 0.411. The van der Waals surface area contributed by atoms with Crippen LogP contribution in [0.15, 0.2) is 0 Å². The van der Waals surface area contributed by atoms with Gasteiger partial charge in [0.15, 0.2) is 0 Å². The molecule has 0 heterocycles. The largest absolute Gasteiger partial charge is 0.313 e. The topological polar surface area (TPSA) is 15.3 Å². The van der Waals surface area contributed by atoms with E-state index in [2.05, 4.69) is 37.9 Å². The molecule has 0 aliphatic heterocycles. The highest BCUT2D eigenvalue weighted by Crippen LogP contribution is 2.22. The molecule has 0 aromatic rings. The van der Waals surface area contributed by atoms with Crippen LogP contribution in [-0.4, -0.2) is 37.1 Å². The van der Waals surface area contributed by atoms with Gasteiger partial charge in [0.1, 0.15) is 0 Å². The highest BCUT2D eigenvalue weighted by molar-refractivity contribution is 4.85. The molecule has 0 saturated heterocycles. The van der Waals surface area contributed by atoms with Crippen LogP contribution < -0.4 is 5.32 Å². The third kappa shape index (κ3) is 4.43. The van der Waals surface area contributed by atoms with E-state index in [-0.39, 0.29) is 0 Å². The van der Waals surface area contributed by atoms with Crippen molar-refractivity contribution in [3.8, 4) is 0 Å². The number of hydrogen-bond acceptors (Lipinski definition) is 2. The lowest BCUT2D eigenvalue weighted by molar-refractivity contribution is 0.187. The standard InChI is InChI=1S/C12H26N2/c1-5-14(6-2)10-12(3,4)9-13-11-7-8-11/h11,13H,5-10H2,1-4H3. The molecule has 14 heavy (non-hydrogen) atoms. The Kier molecular flexibility index (Phi) is 4.39. The van der Waals surface area contributed by atoms with Crippen molar-refractivity contribution < 1.29 is 0 Å². The van der Waals surface area contributed by atoms with Crippen molar-refractivity contribution in [1.82, 2.24) is 10.2 Å². The van der Waals surface area contributed by atoms with Gasteiger partial charge in [0.05, 0.1) is 0 Å². The van der Waals surface area contributed by atoms with Crippen LogP contribution in [0.1, 0.15) is 40.5 Å². The first-order chi connectivity index (χ1) is 6.57. The van der Waals surface area contributed by atoms with Gasteiger partial charge < -0.3 is 10.2 Å². The Labute approximate surface area is 89.1 Å². The van der Waals surface area contributed by atoms with Crippen molar-refractivity contribution in [1.29, 1.82) is 0 Å². The highest BCUT2D eigenvalue weighted by Gasteiger charge is 2.26. The van der Waals surface area contributed by atoms with E-state index in [1.54, 1.807) is 0 Å². The van der Waals surface area contributed by atoms with Gasteiger partial charge >= 0.3 is 0 Å². The average Bonchev–Trinajstić information content (AvgIpc) is 2.95. The summed E-state index contributed by atoms with van der Waals surface area (Å²) in [5.74, 6) is 0. The van der Waals surface area contributed by atoms with Crippen LogP contribution in [0.5, 0.6) is 0 Å². The van der Waals surface area contributed by atoms with Gasteiger partial charge in [-0.15, -0.1) is 0 Å². The normalized spacial score (nSPS) is 17.8. The summed E-state index contributed by atoms with van der Waals surface area (Å²) in [6.07, 6.45) is 2.78.